The Morgan fingerprint density at radius 1 is 0.952 bits per heavy atom. The minimum atomic E-state index is -4.31. The maximum absolute atomic E-state index is 12.5. The molecular formula is C16H15ClF3N. The molecule has 5 heteroatoms. The van der Waals surface area contributed by atoms with Crippen LogP contribution in [0.15, 0.2) is 48.5 Å². The van der Waals surface area contributed by atoms with Crippen molar-refractivity contribution in [2.45, 2.75) is 25.1 Å². The molecule has 1 unspecified atom stereocenters. The van der Waals surface area contributed by atoms with Gasteiger partial charge in [-0.25, -0.2) is 0 Å². The Morgan fingerprint density at radius 2 is 1.57 bits per heavy atom. The lowest BCUT2D eigenvalue weighted by atomic mass is 9.99. The maximum atomic E-state index is 12.5. The largest absolute Gasteiger partial charge is 0.416 e. The van der Waals surface area contributed by atoms with Crippen LogP contribution in [0.5, 0.6) is 0 Å². The molecule has 1 atom stereocenters. The lowest BCUT2D eigenvalue weighted by Crippen LogP contribution is -2.25. The van der Waals surface area contributed by atoms with Gasteiger partial charge in [0, 0.05) is 11.1 Å². The summed E-state index contributed by atoms with van der Waals surface area (Å²) in [4.78, 5) is 0. The molecule has 112 valence electrons. The highest BCUT2D eigenvalue weighted by Gasteiger charge is 2.29. The Balaban J connectivity index is 2.00. The van der Waals surface area contributed by atoms with Crippen molar-refractivity contribution in [1.29, 1.82) is 0 Å². The van der Waals surface area contributed by atoms with E-state index in [0.29, 0.717) is 17.9 Å². The lowest BCUT2D eigenvalue weighted by molar-refractivity contribution is -0.137. The molecule has 0 spiro atoms. The number of nitrogens with two attached hydrogens (primary N) is 1. The molecule has 2 N–H and O–H groups in total. The molecule has 0 heterocycles. The van der Waals surface area contributed by atoms with E-state index in [9.17, 15) is 13.2 Å². The Morgan fingerprint density at radius 3 is 2.14 bits per heavy atom. The number of benzene rings is 2. The van der Waals surface area contributed by atoms with Gasteiger partial charge in [-0.05, 0) is 42.2 Å². The molecule has 21 heavy (non-hydrogen) atoms. The average Bonchev–Trinajstić information content (AvgIpc) is 2.41. The van der Waals surface area contributed by atoms with Crippen molar-refractivity contribution in [2.75, 3.05) is 0 Å². The molecule has 0 fully saturated rings. The minimum absolute atomic E-state index is 0.193. The predicted molar refractivity (Wildman–Crippen MR) is 78.3 cm³/mol. The van der Waals surface area contributed by atoms with E-state index >= 15 is 0 Å². The molecule has 0 aliphatic heterocycles. The van der Waals surface area contributed by atoms with Gasteiger partial charge >= 0.3 is 6.18 Å². The summed E-state index contributed by atoms with van der Waals surface area (Å²) in [5.74, 6) is 0. The van der Waals surface area contributed by atoms with Crippen molar-refractivity contribution in [3.05, 3.63) is 70.2 Å². The summed E-state index contributed by atoms with van der Waals surface area (Å²) in [6, 6.07) is 12.3. The molecule has 0 saturated heterocycles. The Bertz CT molecular complexity index is 593. The van der Waals surface area contributed by atoms with Gasteiger partial charge in [0.1, 0.15) is 0 Å². The summed E-state index contributed by atoms with van der Waals surface area (Å²) >= 11 is 6.06. The fourth-order valence-corrected chi connectivity index (χ4v) is 2.36. The van der Waals surface area contributed by atoms with Crippen LogP contribution in [0.25, 0.3) is 0 Å². The van der Waals surface area contributed by atoms with Crippen LogP contribution in [0, 0.1) is 0 Å². The second-order valence-corrected chi connectivity index (χ2v) is 5.36. The Kier molecular flexibility index (Phi) is 4.91. The zero-order valence-corrected chi connectivity index (χ0v) is 12.0. The van der Waals surface area contributed by atoms with Crippen molar-refractivity contribution < 1.29 is 13.2 Å². The number of hydrogen-bond acceptors (Lipinski definition) is 1. The topological polar surface area (TPSA) is 26.0 Å². The number of alkyl halides is 3. The summed E-state index contributed by atoms with van der Waals surface area (Å²) in [7, 11) is 0. The van der Waals surface area contributed by atoms with E-state index in [1.165, 1.54) is 12.1 Å². The van der Waals surface area contributed by atoms with Crippen molar-refractivity contribution in [3.63, 3.8) is 0 Å². The number of halogens is 4. The van der Waals surface area contributed by atoms with E-state index in [1.807, 2.05) is 18.2 Å². The van der Waals surface area contributed by atoms with Crippen molar-refractivity contribution in [1.82, 2.24) is 0 Å². The predicted octanol–water partition coefficient (Wildman–Crippen LogP) is 4.47. The molecule has 0 radical (unpaired) electrons. The van der Waals surface area contributed by atoms with Crippen LogP contribution in [0.3, 0.4) is 0 Å². The highest BCUT2D eigenvalue weighted by atomic mass is 35.5. The fourth-order valence-electron chi connectivity index (χ4n) is 2.15. The smallest absolute Gasteiger partial charge is 0.327 e. The van der Waals surface area contributed by atoms with E-state index in [1.54, 1.807) is 6.07 Å². The summed E-state index contributed by atoms with van der Waals surface area (Å²) in [5, 5.41) is 0.653. The first-order valence-corrected chi connectivity index (χ1v) is 6.89. The van der Waals surface area contributed by atoms with E-state index in [-0.39, 0.29) is 6.04 Å². The van der Waals surface area contributed by atoms with Gasteiger partial charge in [0.05, 0.1) is 5.56 Å². The van der Waals surface area contributed by atoms with E-state index in [4.69, 9.17) is 17.3 Å². The summed E-state index contributed by atoms with van der Waals surface area (Å²) < 4.78 is 37.4. The standard InChI is InChI=1S/C16H15ClF3N/c17-15-4-2-1-3-12(15)10-14(21)9-11-5-7-13(8-6-11)16(18,19)20/h1-8,14H,9-10,21H2. The molecule has 2 rings (SSSR count). The third-order valence-electron chi connectivity index (χ3n) is 3.22. The van der Waals surface area contributed by atoms with Crippen LogP contribution in [-0.4, -0.2) is 6.04 Å². The van der Waals surface area contributed by atoms with Gasteiger partial charge in [0.25, 0.3) is 0 Å². The van der Waals surface area contributed by atoms with Gasteiger partial charge in [-0.3, -0.25) is 0 Å². The van der Waals surface area contributed by atoms with E-state index < -0.39 is 11.7 Å². The zero-order chi connectivity index (χ0) is 15.5. The van der Waals surface area contributed by atoms with Crippen LogP contribution < -0.4 is 5.73 Å². The van der Waals surface area contributed by atoms with Crippen LogP contribution in [-0.2, 0) is 19.0 Å². The molecule has 0 amide bonds. The second kappa shape index (κ2) is 6.50. The third-order valence-corrected chi connectivity index (χ3v) is 3.59. The van der Waals surface area contributed by atoms with E-state index in [2.05, 4.69) is 0 Å². The molecule has 2 aromatic carbocycles. The first-order valence-electron chi connectivity index (χ1n) is 6.51. The quantitative estimate of drug-likeness (QED) is 0.885. The monoisotopic (exact) mass is 313 g/mol. The molecule has 0 aliphatic carbocycles. The van der Waals surface area contributed by atoms with Gasteiger partial charge in [-0.2, -0.15) is 13.2 Å². The first kappa shape index (κ1) is 15.9. The maximum Gasteiger partial charge on any atom is 0.416 e. The van der Waals surface area contributed by atoms with Gasteiger partial charge in [0.2, 0.25) is 0 Å². The molecule has 1 nitrogen and oxygen atoms in total. The summed E-state index contributed by atoms with van der Waals surface area (Å²) in [5.41, 5.74) is 7.13. The molecule has 0 aromatic heterocycles. The van der Waals surface area contributed by atoms with Crippen LogP contribution in [0.1, 0.15) is 16.7 Å². The number of rotatable bonds is 4. The normalized spacial score (nSPS) is 13.2. The second-order valence-electron chi connectivity index (χ2n) is 4.95. The zero-order valence-electron chi connectivity index (χ0n) is 11.2. The Hall–Kier alpha value is -1.52. The Labute approximate surface area is 126 Å². The van der Waals surface area contributed by atoms with Crippen LogP contribution >= 0.6 is 11.6 Å². The summed E-state index contributed by atoms with van der Waals surface area (Å²) in [6.07, 6.45) is -3.22. The highest BCUT2D eigenvalue weighted by molar-refractivity contribution is 6.31. The van der Waals surface area contributed by atoms with Gasteiger partial charge < -0.3 is 5.73 Å². The SMILES string of the molecule is NC(Cc1ccc(C(F)(F)F)cc1)Cc1ccccc1Cl. The first-order chi connectivity index (χ1) is 9.86. The lowest BCUT2D eigenvalue weighted by Gasteiger charge is -2.13. The van der Waals surface area contributed by atoms with Gasteiger partial charge in [-0.1, -0.05) is 41.9 Å². The van der Waals surface area contributed by atoms with Crippen molar-refractivity contribution >= 4 is 11.6 Å². The van der Waals surface area contributed by atoms with Gasteiger partial charge in [-0.15, -0.1) is 0 Å². The molecule has 0 bridgehead atoms. The molecule has 0 saturated carbocycles. The number of hydrogen-bond donors (Lipinski definition) is 1. The highest BCUT2D eigenvalue weighted by Crippen LogP contribution is 2.29. The van der Waals surface area contributed by atoms with Gasteiger partial charge in [0.15, 0.2) is 0 Å². The average molecular weight is 314 g/mol. The fraction of sp³-hybridized carbons (Fsp3) is 0.250. The van der Waals surface area contributed by atoms with Crippen molar-refractivity contribution in [3.8, 4) is 0 Å². The molecular weight excluding hydrogens is 299 g/mol. The molecule has 0 aliphatic rings. The minimum Gasteiger partial charge on any atom is -0.327 e. The molecule has 2 aromatic rings. The van der Waals surface area contributed by atoms with Crippen molar-refractivity contribution in [2.24, 2.45) is 5.73 Å². The van der Waals surface area contributed by atoms with Crippen LogP contribution in [0.4, 0.5) is 13.2 Å². The van der Waals surface area contributed by atoms with E-state index in [0.717, 1.165) is 23.3 Å². The van der Waals surface area contributed by atoms with Crippen LogP contribution in [0.2, 0.25) is 5.02 Å². The third kappa shape index (κ3) is 4.48. The summed E-state index contributed by atoms with van der Waals surface area (Å²) in [6.45, 7) is 0.